The maximum Gasteiger partial charge on any atom is 0.338 e. The zero-order valence-electron chi connectivity index (χ0n) is 17.9. The summed E-state index contributed by atoms with van der Waals surface area (Å²) in [5.74, 6) is -0.238. The van der Waals surface area contributed by atoms with Crippen molar-refractivity contribution in [2.45, 2.75) is 32.8 Å². The fourth-order valence-corrected chi connectivity index (χ4v) is 3.74. The first-order valence-corrected chi connectivity index (χ1v) is 10.7. The normalized spacial score (nSPS) is 17.9. The van der Waals surface area contributed by atoms with E-state index in [0.29, 0.717) is 24.3 Å². The summed E-state index contributed by atoms with van der Waals surface area (Å²) in [5.41, 5.74) is 1.11. The van der Waals surface area contributed by atoms with Gasteiger partial charge in [0.15, 0.2) is 0 Å². The first-order chi connectivity index (χ1) is 14.4. The average molecular weight is 417 g/mol. The van der Waals surface area contributed by atoms with Gasteiger partial charge in [0, 0.05) is 45.0 Å². The van der Waals surface area contributed by atoms with Gasteiger partial charge in [0.25, 0.3) is 0 Å². The Balaban J connectivity index is 1.38. The number of piperazine rings is 1. The highest BCUT2D eigenvalue weighted by Gasteiger charge is 2.24. The quantitative estimate of drug-likeness (QED) is 0.677. The third kappa shape index (κ3) is 6.53. The average Bonchev–Trinajstić information content (AvgIpc) is 3.24. The van der Waals surface area contributed by atoms with Gasteiger partial charge in [-0.15, -0.1) is 0 Å². The van der Waals surface area contributed by atoms with Crippen molar-refractivity contribution in [3.8, 4) is 0 Å². The summed E-state index contributed by atoms with van der Waals surface area (Å²) < 4.78 is 5.16. The van der Waals surface area contributed by atoms with Gasteiger partial charge in [-0.3, -0.25) is 19.4 Å². The van der Waals surface area contributed by atoms with Crippen molar-refractivity contribution in [2.75, 3.05) is 57.7 Å². The summed E-state index contributed by atoms with van der Waals surface area (Å²) in [6, 6.07) is 6.71. The molecule has 2 fully saturated rings. The van der Waals surface area contributed by atoms with Crippen LogP contribution in [0.3, 0.4) is 0 Å². The molecular formula is C22H32N4O4. The van der Waals surface area contributed by atoms with E-state index in [9.17, 15) is 14.4 Å². The largest absolute Gasteiger partial charge is 0.459 e. The van der Waals surface area contributed by atoms with Crippen molar-refractivity contribution < 1.29 is 19.1 Å². The number of nitrogens with zero attached hydrogens (tertiary/aromatic N) is 3. The van der Waals surface area contributed by atoms with E-state index >= 15 is 0 Å². The zero-order chi connectivity index (χ0) is 21.5. The molecule has 0 aromatic heterocycles. The molecule has 164 valence electrons. The SMILES string of the molecule is CC(C)OC(=O)c1ccc(NC(=O)CN2CCN(CC(=O)N3CCCC3)CC2)cc1. The number of nitrogens with one attached hydrogen (secondary N) is 1. The van der Waals surface area contributed by atoms with E-state index in [1.54, 1.807) is 38.1 Å². The number of benzene rings is 1. The Labute approximate surface area is 178 Å². The first kappa shape index (κ1) is 22.2. The zero-order valence-corrected chi connectivity index (χ0v) is 17.9. The van der Waals surface area contributed by atoms with Gasteiger partial charge >= 0.3 is 5.97 Å². The molecule has 2 aliphatic rings. The third-order valence-electron chi connectivity index (χ3n) is 5.40. The maximum atomic E-state index is 12.4. The van der Waals surface area contributed by atoms with Crippen LogP contribution in [0.1, 0.15) is 37.0 Å². The Morgan fingerprint density at radius 2 is 1.47 bits per heavy atom. The van der Waals surface area contributed by atoms with Gasteiger partial charge in [-0.1, -0.05) is 0 Å². The van der Waals surface area contributed by atoms with Crippen LogP contribution >= 0.6 is 0 Å². The Bertz CT molecular complexity index is 736. The smallest absolute Gasteiger partial charge is 0.338 e. The molecule has 0 radical (unpaired) electrons. The van der Waals surface area contributed by atoms with Crippen molar-refractivity contribution in [2.24, 2.45) is 0 Å². The van der Waals surface area contributed by atoms with E-state index in [2.05, 4.69) is 15.1 Å². The van der Waals surface area contributed by atoms with Gasteiger partial charge < -0.3 is 15.0 Å². The molecule has 2 heterocycles. The minimum Gasteiger partial charge on any atom is -0.459 e. The number of hydrogen-bond acceptors (Lipinski definition) is 6. The number of carbonyl (C=O) groups is 3. The van der Waals surface area contributed by atoms with Crippen molar-refractivity contribution in [1.82, 2.24) is 14.7 Å². The van der Waals surface area contributed by atoms with Gasteiger partial charge in [0.05, 0.1) is 24.8 Å². The molecule has 0 saturated carbocycles. The molecule has 2 saturated heterocycles. The maximum absolute atomic E-state index is 12.4. The van der Waals surface area contributed by atoms with Crippen molar-refractivity contribution >= 4 is 23.5 Å². The van der Waals surface area contributed by atoms with Crippen LogP contribution in [0.25, 0.3) is 0 Å². The van der Waals surface area contributed by atoms with E-state index in [-0.39, 0.29) is 23.9 Å². The minimum atomic E-state index is -0.371. The second kappa shape index (κ2) is 10.5. The predicted octanol–water partition coefficient (Wildman–Crippen LogP) is 1.43. The van der Waals surface area contributed by atoms with Crippen molar-refractivity contribution in [3.63, 3.8) is 0 Å². The van der Waals surface area contributed by atoms with Gasteiger partial charge in [-0.25, -0.2) is 4.79 Å². The first-order valence-electron chi connectivity index (χ1n) is 10.7. The lowest BCUT2D eigenvalue weighted by atomic mass is 10.2. The lowest BCUT2D eigenvalue weighted by molar-refractivity contribution is -0.132. The minimum absolute atomic E-state index is 0.0888. The van der Waals surface area contributed by atoms with Crippen LogP contribution in [-0.2, 0) is 14.3 Å². The monoisotopic (exact) mass is 416 g/mol. The molecular weight excluding hydrogens is 384 g/mol. The molecule has 1 aromatic carbocycles. The molecule has 3 rings (SSSR count). The van der Waals surface area contributed by atoms with Crippen molar-refractivity contribution in [3.05, 3.63) is 29.8 Å². The van der Waals surface area contributed by atoms with E-state index < -0.39 is 0 Å². The number of rotatable bonds is 7. The number of ether oxygens (including phenoxy) is 1. The number of likely N-dealkylation sites (tertiary alicyclic amines) is 1. The fraction of sp³-hybridized carbons (Fsp3) is 0.591. The number of amides is 2. The molecule has 0 unspecified atom stereocenters. The lowest BCUT2D eigenvalue weighted by Crippen LogP contribution is -2.51. The van der Waals surface area contributed by atoms with E-state index in [0.717, 1.165) is 52.1 Å². The van der Waals surface area contributed by atoms with E-state index in [1.165, 1.54) is 0 Å². The molecule has 0 bridgehead atoms. The summed E-state index contributed by atoms with van der Waals surface area (Å²) in [6.45, 7) is 9.28. The highest BCUT2D eigenvalue weighted by Crippen LogP contribution is 2.12. The highest BCUT2D eigenvalue weighted by atomic mass is 16.5. The van der Waals surface area contributed by atoms with Crippen LogP contribution in [0.15, 0.2) is 24.3 Å². The Kier molecular flexibility index (Phi) is 7.81. The van der Waals surface area contributed by atoms with Crippen LogP contribution < -0.4 is 5.32 Å². The van der Waals surface area contributed by atoms with E-state index in [4.69, 9.17) is 4.74 Å². The molecule has 8 nitrogen and oxygen atoms in total. The van der Waals surface area contributed by atoms with Gasteiger partial charge in [-0.2, -0.15) is 0 Å². The molecule has 2 amide bonds. The molecule has 1 N–H and O–H groups in total. The number of carbonyl (C=O) groups excluding carboxylic acids is 3. The summed E-state index contributed by atoms with van der Waals surface area (Å²) in [4.78, 5) is 42.7. The van der Waals surface area contributed by atoms with Crippen LogP contribution in [0.5, 0.6) is 0 Å². The number of esters is 1. The molecule has 2 aliphatic heterocycles. The Morgan fingerprint density at radius 1 is 0.900 bits per heavy atom. The number of anilines is 1. The molecule has 30 heavy (non-hydrogen) atoms. The van der Waals surface area contributed by atoms with Crippen molar-refractivity contribution in [1.29, 1.82) is 0 Å². The lowest BCUT2D eigenvalue weighted by Gasteiger charge is -2.34. The summed E-state index contributed by atoms with van der Waals surface area (Å²) >= 11 is 0. The van der Waals surface area contributed by atoms with Gasteiger partial charge in [0.1, 0.15) is 0 Å². The van der Waals surface area contributed by atoms with Crippen LogP contribution in [-0.4, -0.2) is 90.9 Å². The second-order valence-electron chi connectivity index (χ2n) is 8.22. The second-order valence-corrected chi connectivity index (χ2v) is 8.22. The third-order valence-corrected chi connectivity index (χ3v) is 5.40. The Morgan fingerprint density at radius 3 is 2.03 bits per heavy atom. The van der Waals surface area contributed by atoms with E-state index in [1.807, 2.05) is 4.90 Å². The fourth-order valence-electron chi connectivity index (χ4n) is 3.74. The molecule has 0 spiro atoms. The van der Waals surface area contributed by atoms with Gasteiger partial charge in [-0.05, 0) is 51.0 Å². The molecule has 0 aliphatic carbocycles. The standard InChI is InChI=1S/C22H32N4O4/c1-17(2)30-22(29)18-5-7-19(8-6-18)23-20(27)15-24-11-13-25(14-12-24)16-21(28)26-9-3-4-10-26/h5-8,17H,3-4,9-16H2,1-2H3,(H,23,27). The van der Waals surface area contributed by atoms with Gasteiger partial charge in [0.2, 0.25) is 11.8 Å². The van der Waals surface area contributed by atoms with Crippen LogP contribution in [0.4, 0.5) is 5.69 Å². The summed E-state index contributed by atoms with van der Waals surface area (Å²) in [7, 11) is 0. The van der Waals surface area contributed by atoms with Crippen LogP contribution in [0, 0.1) is 0 Å². The summed E-state index contributed by atoms with van der Waals surface area (Å²) in [5, 5.41) is 2.87. The molecule has 8 heteroatoms. The molecule has 1 aromatic rings. The molecule has 0 atom stereocenters. The highest BCUT2D eigenvalue weighted by molar-refractivity contribution is 5.94. The summed E-state index contributed by atoms with van der Waals surface area (Å²) in [6.07, 6.45) is 2.05. The number of hydrogen-bond donors (Lipinski definition) is 1. The Hall–Kier alpha value is -2.45. The topological polar surface area (TPSA) is 82.2 Å². The van der Waals surface area contributed by atoms with Crippen LogP contribution in [0.2, 0.25) is 0 Å². The predicted molar refractivity (Wildman–Crippen MR) is 114 cm³/mol.